The maximum Gasteiger partial charge on any atom is 0.290 e. The molecule has 6 heteroatoms. The molecule has 0 aliphatic heterocycles. The van der Waals surface area contributed by atoms with Gasteiger partial charge in [-0.3, -0.25) is 4.79 Å². The van der Waals surface area contributed by atoms with E-state index < -0.39 is 5.03 Å². The van der Waals surface area contributed by atoms with E-state index in [1.54, 1.807) is 0 Å². The van der Waals surface area contributed by atoms with Crippen LogP contribution in [0.2, 0.25) is 0 Å². The number of carbonyl (C=O) groups is 1. The summed E-state index contributed by atoms with van der Waals surface area (Å²) in [4.78, 5) is 18.6. The molecule has 0 rings (SSSR count). The Morgan fingerprint density at radius 2 is 2.29 bits per heavy atom. The van der Waals surface area contributed by atoms with Crippen LogP contribution in [0.25, 0.3) is 0 Å². The van der Waals surface area contributed by atoms with E-state index >= 15 is 0 Å². The highest BCUT2D eigenvalue weighted by atomic mass is 16.7. The van der Waals surface area contributed by atoms with E-state index in [4.69, 9.17) is 0 Å². The molecular weight excluding hydrogens is 102 g/mol. The normalized spacial score (nSPS) is 7.57. The third-order valence-corrected chi connectivity index (χ3v) is 0.297. The van der Waals surface area contributed by atoms with E-state index in [-0.39, 0.29) is 11.5 Å². The van der Waals surface area contributed by atoms with Crippen LogP contribution in [0.4, 0.5) is 0 Å². The van der Waals surface area contributed by atoms with Crippen LogP contribution >= 0.6 is 0 Å². The molecule has 0 saturated carbocycles. The van der Waals surface area contributed by atoms with Gasteiger partial charge in [-0.1, -0.05) is 0 Å². The number of hydrogen-bond acceptors (Lipinski definition) is 4. The fourth-order valence-corrected chi connectivity index (χ4v) is 0.0385. The molecule has 0 saturated heterocycles. The van der Waals surface area contributed by atoms with Crippen molar-refractivity contribution in [3.8, 4) is 0 Å². The second-order valence-electron chi connectivity index (χ2n) is 0.723. The number of nitrogens with two attached hydrogens (primary N) is 1. The lowest BCUT2D eigenvalue weighted by Crippen LogP contribution is -2.34. The van der Waals surface area contributed by atoms with Crippen molar-refractivity contribution in [1.82, 2.24) is 5.12 Å². The highest BCUT2D eigenvalue weighted by molar-refractivity contribution is 5.43. The van der Waals surface area contributed by atoms with E-state index in [9.17, 15) is 14.9 Å². The van der Waals surface area contributed by atoms with E-state index in [1.807, 2.05) is 0 Å². The summed E-state index contributed by atoms with van der Waals surface area (Å²) in [6.45, 7) is 0. The molecule has 0 radical (unpaired) electrons. The predicted molar refractivity (Wildman–Crippen MR) is 19.1 cm³/mol. The minimum atomic E-state index is -1.03. The van der Waals surface area contributed by atoms with Gasteiger partial charge in [0, 0.05) is 5.12 Å². The van der Waals surface area contributed by atoms with Gasteiger partial charge in [0.25, 0.3) is 6.41 Å². The van der Waals surface area contributed by atoms with Gasteiger partial charge in [-0.15, -0.1) is 0 Å². The monoisotopic (exact) mass is 105 g/mol. The molecule has 2 N–H and O–H groups in total. The van der Waals surface area contributed by atoms with E-state index in [2.05, 4.69) is 5.84 Å². The molecule has 0 spiro atoms. The number of amides is 1. The van der Waals surface area contributed by atoms with Gasteiger partial charge in [-0.25, -0.2) is 10.1 Å². The lowest BCUT2D eigenvalue weighted by atomic mass is 11.4. The van der Waals surface area contributed by atoms with Gasteiger partial charge in [-0.05, 0) is 0 Å². The molecule has 1 amide bonds. The summed E-state index contributed by atoms with van der Waals surface area (Å²) in [5.41, 5.74) is 0. The van der Waals surface area contributed by atoms with Gasteiger partial charge in [0.2, 0.25) is 0 Å². The van der Waals surface area contributed by atoms with Crippen molar-refractivity contribution in [3.63, 3.8) is 0 Å². The molecule has 0 aliphatic carbocycles. The summed E-state index contributed by atoms with van der Waals surface area (Å²) in [6.07, 6.45) is -0.0972. The number of hydrogen-bond donors (Lipinski definition) is 1. The van der Waals surface area contributed by atoms with Crippen molar-refractivity contribution >= 4 is 6.41 Å². The standard InChI is InChI=1S/CH3N3O3/c2-3(1-5)4(6)7/h1H,2H2. The molecule has 0 aliphatic rings. The number of nitrogens with zero attached hydrogens (tertiary/aromatic N) is 2. The maximum atomic E-state index is 9.31. The quantitative estimate of drug-likeness (QED) is 0.152. The molecule has 0 atom stereocenters. The summed E-state index contributed by atoms with van der Waals surface area (Å²) < 4.78 is 0. The lowest BCUT2D eigenvalue weighted by molar-refractivity contribution is -0.634. The van der Waals surface area contributed by atoms with Gasteiger partial charge in [0.15, 0.2) is 5.03 Å². The summed E-state index contributed by atoms with van der Waals surface area (Å²) in [5.74, 6) is 4.38. The molecule has 0 aromatic heterocycles. The van der Waals surface area contributed by atoms with Crippen molar-refractivity contribution in [3.05, 3.63) is 10.1 Å². The van der Waals surface area contributed by atoms with Crippen LogP contribution in [0.15, 0.2) is 0 Å². The maximum absolute atomic E-state index is 9.31. The second kappa shape index (κ2) is 2.08. The zero-order valence-corrected chi connectivity index (χ0v) is 3.27. The molecule has 40 valence electrons. The second-order valence-corrected chi connectivity index (χ2v) is 0.723. The van der Waals surface area contributed by atoms with Gasteiger partial charge in [0.05, 0.1) is 0 Å². The van der Waals surface area contributed by atoms with Crippen LogP contribution in [0.1, 0.15) is 0 Å². The van der Waals surface area contributed by atoms with Gasteiger partial charge >= 0.3 is 0 Å². The van der Waals surface area contributed by atoms with E-state index in [1.165, 1.54) is 0 Å². The van der Waals surface area contributed by atoms with Gasteiger partial charge < -0.3 is 0 Å². The van der Waals surface area contributed by atoms with E-state index in [0.717, 1.165) is 0 Å². The molecular formula is CH3N3O3. The van der Waals surface area contributed by atoms with Gasteiger partial charge in [-0.2, -0.15) is 5.84 Å². The molecule has 0 bridgehead atoms. The fraction of sp³-hybridized carbons (Fsp3) is 0. The third-order valence-electron chi connectivity index (χ3n) is 0.297. The highest BCUT2D eigenvalue weighted by Crippen LogP contribution is 1.64. The number of carbonyl (C=O) groups excluding carboxylic acids is 1. The molecule has 7 heavy (non-hydrogen) atoms. The zero-order chi connectivity index (χ0) is 5.86. The van der Waals surface area contributed by atoms with Crippen molar-refractivity contribution in [1.29, 1.82) is 0 Å². The van der Waals surface area contributed by atoms with Crippen molar-refractivity contribution < 1.29 is 9.83 Å². The Balaban J connectivity index is 3.55. The Hall–Kier alpha value is -1.17. The van der Waals surface area contributed by atoms with Crippen LogP contribution in [0.5, 0.6) is 0 Å². The van der Waals surface area contributed by atoms with Crippen molar-refractivity contribution in [2.45, 2.75) is 0 Å². The molecule has 0 aromatic rings. The average molecular weight is 105 g/mol. The van der Waals surface area contributed by atoms with Crippen LogP contribution < -0.4 is 5.84 Å². The fourth-order valence-electron chi connectivity index (χ4n) is 0.0385. The lowest BCUT2D eigenvalue weighted by Gasteiger charge is -1.92. The molecule has 0 aromatic carbocycles. The van der Waals surface area contributed by atoms with Crippen LogP contribution in [0.3, 0.4) is 0 Å². The summed E-state index contributed by atoms with van der Waals surface area (Å²) in [7, 11) is 0. The predicted octanol–water partition coefficient (Wildman–Crippen LogP) is -1.49. The minimum Gasteiger partial charge on any atom is -0.271 e. The Morgan fingerprint density at radius 3 is 2.29 bits per heavy atom. The third kappa shape index (κ3) is 1.66. The average Bonchev–Trinajstić information content (AvgIpc) is 1.65. The van der Waals surface area contributed by atoms with Crippen molar-refractivity contribution in [2.24, 2.45) is 5.84 Å². The van der Waals surface area contributed by atoms with Crippen LogP contribution in [0, 0.1) is 10.1 Å². The summed E-state index contributed by atoms with van der Waals surface area (Å²) in [6, 6.07) is 0. The molecule has 6 nitrogen and oxygen atoms in total. The number of hydrazine groups is 2. The first-order chi connectivity index (χ1) is 3.18. The molecule has 0 fully saturated rings. The molecule has 0 unspecified atom stereocenters. The summed E-state index contributed by atoms with van der Waals surface area (Å²) in [5, 5.41) is 8.10. The minimum absolute atomic E-state index is 0.0972. The smallest absolute Gasteiger partial charge is 0.271 e. The Kier molecular flexibility index (Phi) is 1.74. The SMILES string of the molecule is NN(C=O)[N+](=O)[O-]. The van der Waals surface area contributed by atoms with Crippen molar-refractivity contribution in [2.75, 3.05) is 0 Å². The van der Waals surface area contributed by atoms with Crippen LogP contribution in [-0.4, -0.2) is 16.6 Å². The Bertz CT molecular complexity index is 90.2. The Labute approximate surface area is 38.6 Å². The first-order valence-electron chi connectivity index (χ1n) is 1.32. The van der Waals surface area contributed by atoms with Crippen LogP contribution in [-0.2, 0) is 4.79 Å². The first kappa shape index (κ1) is 5.83. The summed E-state index contributed by atoms with van der Waals surface area (Å²) >= 11 is 0. The topological polar surface area (TPSA) is 89.5 Å². The number of nitro groups is 1. The zero-order valence-electron chi connectivity index (χ0n) is 3.27. The molecule has 0 heterocycles. The first-order valence-corrected chi connectivity index (χ1v) is 1.32. The Morgan fingerprint density at radius 1 is 1.86 bits per heavy atom. The van der Waals surface area contributed by atoms with Gasteiger partial charge in [0.1, 0.15) is 0 Å². The number of rotatable bonds is 2. The highest BCUT2D eigenvalue weighted by Gasteiger charge is 2.01. The largest absolute Gasteiger partial charge is 0.290 e. The van der Waals surface area contributed by atoms with E-state index in [0.29, 0.717) is 0 Å².